The Morgan fingerprint density at radius 1 is 1.27 bits per heavy atom. The van der Waals surface area contributed by atoms with E-state index in [2.05, 4.69) is 31.4 Å². The van der Waals surface area contributed by atoms with E-state index >= 15 is 0 Å². The van der Waals surface area contributed by atoms with Crippen LogP contribution in [0.5, 0.6) is 5.75 Å². The molecular formula is C17H28N2O2S. The lowest BCUT2D eigenvalue weighted by molar-refractivity contribution is 0.238. The summed E-state index contributed by atoms with van der Waals surface area (Å²) in [4.78, 5) is 11.9. The Labute approximate surface area is 138 Å². The van der Waals surface area contributed by atoms with Crippen molar-refractivity contribution in [2.75, 3.05) is 18.9 Å². The monoisotopic (exact) mass is 324 g/mol. The van der Waals surface area contributed by atoms with Crippen LogP contribution in [-0.2, 0) is 0 Å². The van der Waals surface area contributed by atoms with E-state index in [0.717, 1.165) is 17.1 Å². The number of nitrogens with one attached hydrogen (secondary N) is 2. The summed E-state index contributed by atoms with van der Waals surface area (Å²) >= 11 is 1.84. The molecule has 1 rings (SSSR count). The Bertz CT molecular complexity index is 455. The van der Waals surface area contributed by atoms with E-state index in [1.807, 2.05) is 49.9 Å². The molecule has 0 aliphatic rings. The van der Waals surface area contributed by atoms with Crippen LogP contribution in [0, 0.1) is 0 Å². The van der Waals surface area contributed by atoms with Gasteiger partial charge in [0.1, 0.15) is 5.75 Å². The van der Waals surface area contributed by atoms with Crippen LogP contribution < -0.4 is 15.4 Å². The minimum Gasteiger partial charge on any atom is -0.494 e. The van der Waals surface area contributed by atoms with Gasteiger partial charge < -0.3 is 15.4 Å². The number of hydrogen-bond donors (Lipinski definition) is 2. The van der Waals surface area contributed by atoms with Crippen LogP contribution in [0.1, 0.15) is 46.2 Å². The summed E-state index contributed by atoms with van der Waals surface area (Å²) in [5.41, 5.74) is 1.06. The standard InChI is InChI=1S/C17H28N2O2S/c1-6-21-15-9-7-14(8-10-15)13(2)19-16(20)18-11-12-22-17(3,4)5/h7-10,13H,6,11-12H2,1-5H3,(H2,18,19,20). The Kier molecular flexibility index (Phi) is 7.59. The summed E-state index contributed by atoms with van der Waals surface area (Å²) < 4.78 is 5.64. The molecule has 4 nitrogen and oxygen atoms in total. The van der Waals surface area contributed by atoms with Crippen molar-refractivity contribution < 1.29 is 9.53 Å². The molecule has 124 valence electrons. The number of amides is 2. The van der Waals surface area contributed by atoms with Crippen molar-refractivity contribution in [1.82, 2.24) is 10.6 Å². The first-order chi connectivity index (χ1) is 10.3. The molecule has 0 spiro atoms. The van der Waals surface area contributed by atoms with Gasteiger partial charge in [0, 0.05) is 17.0 Å². The maximum Gasteiger partial charge on any atom is 0.315 e. The highest BCUT2D eigenvalue weighted by molar-refractivity contribution is 8.00. The number of thioether (sulfide) groups is 1. The molecule has 22 heavy (non-hydrogen) atoms. The SMILES string of the molecule is CCOc1ccc(C(C)NC(=O)NCCSC(C)(C)C)cc1. The number of carbonyl (C=O) groups is 1. The number of hydrogen-bond acceptors (Lipinski definition) is 3. The molecular weight excluding hydrogens is 296 g/mol. The van der Waals surface area contributed by atoms with Gasteiger partial charge in [-0.05, 0) is 31.5 Å². The molecule has 0 bridgehead atoms. The van der Waals surface area contributed by atoms with Crippen LogP contribution in [0.25, 0.3) is 0 Å². The number of rotatable bonds is 7. The van der Waals surface area contributed by atoms with Crippen molar-refractivity contribution in [3.8, 4) is 5.75 Å². The molecule has 2 N–H and O–H groups in total. The minimum absolute atomic E-state index is 0.0362. The number of urea groups is 1. The Hall–Kier alpha value is -1.36. The Morgan fingerprint density at radius 3 is 2.45 bits per heavy atom. The molecule has 0 saturated heterocycles. The molecule has 5 heteroatoms. The average molecular weight is 324 g/mol. The maximum absolute atomic E-state index is 11.9. The molecule has 0 radical (unpaired) electrons. The quantitative estimate of drug-likeness (QED) is 0.746. The summed E-state index contributed by atoms with van der Waals surface area (Å²) in [5, 5.41) is 5.84. The van der Waals surface area contributed by atoms with Gasteiger partial charge in [0.05, 0.1) is 12.6 Å². The van der Waals surface area contributed by atoms with Gasteiger partial charge in [-0.2, -0.15) is 11.8 Å². The summed E-state index contributed by atoms with van der Waals surface area (Å²) in [7, 11) is 0. The second-order valence-corrected chi connectivity index (χ2v) is 8.01. The third-order valence-corrected chi connectivity index (χ3v) is 4.24. The molecule has 0 heterocycles. The van der Waals surface area contributed by atoms with Gasteiger partial charge in [0.25, 0.3) is 0 Å². The second-order valence-electron chi connectivity index (χ2n) is 6.08. The zero-order valence-electron chi connectivity index (χ0n) is 14.2. The van der Waals surface area contributed by atoms with Gasteiger partial charge in [0.15, 0.2) is 0 Å². The summed E-state index contributed by atoms with van der Waals surface area (Å²) in [6.07, 6.45) is 0. The molecule has 1 unspecified atom stereocenters. The summed E-state index contributed by atoms with van der Waals surface area (Å²) in [6.45, 7) is 11.8. The van der Waals surface area contributed by atoms with Crippen LogP contribution in [0.15, 0.2) is 24.3 Å². The molecule has 0 aliphatic heterocycles. The molecule has 0 aromatic heterocycles. The van der Waals surface area contributed by atoms with Crippen LogP contribution in [-0.4, -0.2) is 29.7 Å². The lowest BCUT2D eigenvalue weighted by atomic mass is 10.1. The van der Waals surface area contributed by atoms with E-state index in [9.17, 15) is 4.79 Å². The predicted octanol–water partition coefficient (Wildman–Crippen LogP) is 3.98. The van der Waals surface area contributed by atoms with Gasteiger partial charge in [-0.1, -0.05) is 32.9 Å². The fourth-order valence-corrected chi connectivity index (χ4v) is 2.69. The highest BCUT2D eigenvalue weighted by Gasteiger charge is 2.11. The normalized spacial score (nSPS) is 12.6. The van der Waals surface area contributed by atoms with Gasteiger partial charge in [-0.25, -0.2) is 4.79 Å². The van der Waals surface area contributed by atoms with Gasteiger partial charge in [-0.15, -0.1) is 0 Å². The molecule has 1 aromatic carbocycles. The van der Waals surface area contributed by atoms with Gasteiger partial charge in [-0.3, -0.25) is 0 Å². The van der Waals surface area contributed by atoms with Crippen LogP contribution in [0.3, 0.4) is 0 Å². The number of ether oxygens (including phenoxy) is 1. The van der Waals surface area contributed by atoms with Crippen molar-refractivity contribution in [2.24, 2.45) is 0 Å². The smallest absolute Gasteiger partial charge is 0.315 e. The predicted molar refractivity (Wildman–Crippen MR) is 94.8 cm³/mol. The first kappa shape index (κ1) is 18.7. The molecule has 1 atom stereocenters. The summed E-state index contributed by atoms with van der Waals surface area (Å²) in [6, 6.07) is 7.64. The zero-order valence-corrected chi connectivity index (χ0v) is 15.0. The summed E-state index contributed by atoms with van der Waals surface area (Å²) in [5.74, 6) is 1.76. The Morgan fingerprint density at radius 2 is 1.91 bits per heavy atom. The highest BCUT2D eigenvalue weighted by Crippen LogP contribution is 2.22. The Balaban J connectivity index is 2.34. The van der Waals surface area contributed by atoms with E-state index in [-0.39, 0.29) is 16.8 Å². The maximum atomic E-state index is 11.9. The van der Waals surface area contributed by atoms with Crippen molar-refractivity contribution in [3.63, 3.8) is 0 Å². The van der Waals surface area contributed by atoms with Crippen molar-refractivity contribution in [1.29, 1.82) is 0 Å². The molecule has 1 aromatic rings. The molecule has 0 aliphatic carbocycles. The van der Waals surface area contributed by atoms with Crippen molar-refractivity contribution in [2.45, 2.75) is 45.4 Å². The largest absolute Gasteiger partial charge is 0.494 e. The fourth-order valence-electron chi connectivity index (χ4n) is 1.87. The van der Waals surface area contributed by atoms with E-state index in [1.165, 1.54) is 0 Å². The highest BCUT2D eigenvalue weighted by atomic mass is 32.2. The first-order valence-electron chi connectivity index (χ1n) is 7.73. The number of benzene rings is 1. The third-order valence-electron chi connectivity index (χ3n) is 2.96. The van der Waals surface area contributed by atoms with Crippen LogP contribution in [0.4, 0.5) is 4.79 Å². The van der Waals surface area contributed by atoms with Gasteiger partial charge >= 0.3 is 6.03 Å². The fraction of sp³-hybridized carbons (Fsp3) is 0.588. The van der Waals surface area contributed by atoms with E-state index in [4.69, 9.17) is 4.74 Å². The number of carbonyl (C=O) groups excluding carboxylic acids is 1. The van der Waals surface area contributed by atoms with E-state index in [0.29, 0.717) is 13.2 Å². The second kappa shape index (κ2) is 8.93. The molecule has 0 fully saturated rings. The van der Waals surface area contributed by atoms with Crippen LogP contribution >= 0.6 is 11.8 Å². The van der Waals surface area contributed by atoms with Gasteiger partial charge in [0.2, 0.25) is 0 Å². The third kappa shape index (κ3) is 7.59. The minimum atomic E-state index is -0.129. The lowest BCUT2D eigenvalue weighted by Gasteiger charge is -2.18. The zero-order chi connectivity index (χ0) is 16.6. The van der Waals surface area contributed by atoms with Crippen LogP contribution in [0.2, 0.25) is 0 Å². The lowest BCUT2D eigenvalue weighted by Crippen LogP contribution is -2.38. The molecule has 0 saturated carbocycles. The first-order valence-corrected chi connectivity index (χ1v) is 8.71. The molecule has 2 amide bonds. The van der Waals surface area contributed by atoms with E-state index < -0.39 is 0 Å². The van der Waals surface area contributed by atoms with Crippen molar-refractivity contribution in [3.05, 3.63) is 29.8 Å². The van der Waals surface area contributed by atoms with E-state index in [1.54, 1.807) is 0 Å². The average Bonchev–Trinajstić information content (AvgIpc) is 2.44. The van der Waals surface area contributed by atoms with Crippen molar-refractivity contribution >= 4 is 17.8 Å². The topological polar surface area (TPSA) is 50.4 Å².